The minimum Gasteiger partial charge on any atom is -0.326 e. The lowest BCUT2D eigenvalue weighted by Crippen LogP contribution is -2.06. The van der Waals surface area contributed by atoms with Gasteiger partial charge >= 0.3 is 0 Å². The number of hydrogen-bond donors (Lipinski definition) is 0. The molecule has 110 valence electrons. The van der Waals surface area contributed by atoms with E-state index in [0.29, 0.717) is 11.1 Å². The number of nitrogens with zero attached hydrogens (tertiary/aromatic N) is 2. The van der Waals surface area contributed by atoms with Crippen molar-refractivity contribution in [2.75, 3.05) is 0 Å². The van der Waals surface area contributed by atoms with Gasteiger partial charge in [-0.2, -0.15) is 0 Å². The molecule has 2 heterocycles. The standard InChI is InChI=1S/C16H16ClFN2S/c1-10-8-15-14(9-13(10)18)19-16(11(2)17)20(15)6-5-12-4-3-7-21-12/h3-4,7-9,11H,5-6H2,1-2H3. The Labute approximate surface area is 132 Å². The van der Waals surface area contributed by atoms with Gasteiger partial charge in [-0.15, -0.1) is 22.9 Å². The molecule has 0 aliphatic heterocycles. The number of fused-ring (bicyclic) bond motifs is 1. The van der Waals surface area contributed by atoms with E-state index in [4.69, 9.17) is 11.6 Å². The van der Waals surface area contributed by atoms with Gasteiger partial charge in [0.25, 0.3) is 0 Å². The van der Waals surface area contributed by atoms with Crippen LogP contribution in [-0.4, -0.2) is 9.55 Å². The molecule has 0 saturated carbocycles. The zero-order valence-electron chi connectivity index (χ0n) is 11.9. The van der Waals surface area contributed by atoms with E-state index in [9.17, 15) is 4.39 Å². The summed E-state index contributed by atoms with van der Waals surface area (Å²) >= 11 is 7.99. The summed E-state index contributed by atoms with van der Waals surface area (Å²) < 4.78 is 15.8. The van der Waals surface area contributed by atoms with Crippen LogP contribution in [0.2, 0.25) is 0 Å². The van der Waals surface area contributed by atoms with Gasteiger partial charge in [0.15, 0.2) is 0 Å². The summed E-state index contributed by atoms with van der Waals surface area (Å²) in [4.78, 5) is 5.83. The smallest absolute Gasteiger partial charge is 0.128 e. The molecule has 0 aliphatic carbocycles. The summed E-state index contributed by atoms with van der Waals surface area (Å²) in [6, 6.07) is 7.53. The molecule has 0 fully saturated rings. The summed E-state index contributed by atoms with van der Waals surface area (Å²) in [6.07, 6.45) is 0.927. The first-order valence-electron chi connectivity index (χ1n) is 6.89. The Kier molecular flexibility index (Phi) is 4.00. The molecule has 2 nitrogen and oxygen atoms in total. The van der Waals surface area contributed by atoms with E-state index in [1.807, 2.05) is 13.0 Å². The molecule has 3 aromatic rings. The molecule has 0 aliphatic rings. The molecule has 0 saturated heterocycles. The van der Waals surface area contributed by atoms with Crippen LogP contribution in [0.1, 0.15) is 28.6 Å². The van der Waals surface area contributed by atoms with Crippen LogP contribution < -0.4 is 0 Å². The van der Waals surface area contributed by atoms with Gasteiger partial charge in [-0.25, -0.2) is 9.37 Å². The van der Waals surface area contributed by atoms with E-state index in [2.05, 4.69) is 27.1 Å². The van der Waals surface area contributed by atoms with E-state index in [-0.39, 0.29) is 11.2 Å². The third-order valence-corrected chi connectivity index (χ3v) is 4.71. The van der Waals surface area contributed by atoms with Crippen molar-refractivity contribution < 1.29 is 4.39 Å². The predicted molar refractivity (Wildman–Crippen MR) is 86.7 cm³/mol. The number of alkyl halides is 1. The molecule has 1 aromatic carbocycles. The number of halogens is 2. The second-order valence-electron chi connectivity index (χ2n) is 5.16. The lowest BCUT2D eigenvalue weighted by Gasteiger charge is -2.10. The van der Waals surface area contributed by atoms with Crippen molar-refractivity contribution in [3.8, 4) is 0 Å². The van der Waals surface area contributed by atoms with Crippen molar-refractivity contribution in [2.24, 2.45) is 0 Å². The quantitative estimate of drug-likeness (QED) is 0.612. The van der Waals surface area contributed by atoms with Gasteiger partial charge in [-0.3, -0.25) is 0 Å². The normalized spacial score (nSPS) is 13.0. The van der Waals surface area contributed by atoms with Crippen molar-refractivity contribution in [1.82, 2.24) is 9.55 Å². The zero-order valence-corrected chi connectivity index (χ0v) is 13.5. The second kappa shape index (κ2) is 5.78. The molecule has 5 heteroatoms. The minimum absolute atomic E-state index is 0.205. The zero-order chi connectivity index (χ0) is 15.0. The molecule has 0 radical (unpaired) electrons. The van der Waals surface area contributed by atoms with Gasteiger partial charge < -0.3 is 4.57 Å². The average molecular weight is 323 g/mol. The first-order chi connectivity index (χ1) is 10.1. The Hall–Kier alpha value is -1.39. The molecule has 1 unspecified atom stereocenters. The highest BCUT2D eigenvalue weighted by Crippen LogP contribution is 2.27. The maximum atomic E-state index is 13.7. The fraction of sp³-hybridized carbons (Fsp3) is 0.312. The molecular weight excluding hydrogens is 307 g/mol. The SMILES string of the molecule is Cc1cc2c(cc1F)nc(C(C)Cl)n2CCc1cccs1. The second-order valence-corrected chi connectivity index (χ2v) is 6.84. The van der Waals surface area contributed by atoms with Crippen molar-refractivity contribution in [1.29, 1.82) is 0 Å². The molecule has 1 atom stereocenters. The monoisotopic (exact) mass is 322 g/mol. The Morgan fingerprint density at radius 3 is 2.90 bits per heavy atom. The van der Waals surface area contributed by atoms with E-state index in [0.717, 1.165) is 24.3 Å². The number of hydrogen-bond acceptors (Lipinski definition) is 2. The third kappa shape index (κ3) is 2.83. The van der Waals surface area contributed by atoms with Gasteiger partial charge in [-0.1, -0.05) is 6.07 Å². The molecule has 0 spiro atoms. The Morgan fingerprint density at radius 2 is 2.24 bits per heavy atom. The van der Waals surface area contributed by atoms with Crippen molar-refractivity contribution >= 4 is 34.0 Å². The van der Waals surface area contributed by atoms with Crippen LogP contribution in [-0.2, 0) is 13.0 Å². The van der Waals surface area contributed by atoms with Crippen LogP contribution in [0.4, 0.5) is 4.39 Å². The number of thiophene rings is 1. The molecule has 2 aromatic heterocycles. The number of aromatic nitrogens is 2. The van der Waals surface area contributed by atoms with E-state index >= 15 is 0 Å². The largest absolute Gasteiger partial charge is 0.326 e. The summed E-state index contributed by atoms with van der Waals surface area (Å²) in [6.45, 7) is 4.47. The van der Waals surface area contributed by atoms with Crippen molar-refractivity contribution in [3.63, 3.8) is 0 Å². The first kappa shape index (κ1) is 14.5. The van der Waals surface area contributed by atoms with Gasteiger partial charge in [0.05, 0.1) is 16.4 Å². The minimum atomic E-state index is -0.223. The topological polar surface area (TPSA) is 17.8 Å². The van der Waals surface area contributed by atoms with Crippen LogP contribution in [0, 0.1) is 12.7 Å². The molecule has 21 heavy (non-hydrogen) atoms. The van der Waals surface area contributed by atoms with Crippen LogP contribution in [0.5, 0.6) is 0 Å². The fourth-order valence-corrected chi connectivity index (χ4v) is 3.35. The Bertz CT molecular complexity index is 762. The lowest BCUT2D eigenvalue weighted by molar-refractivity contribution is 0.620. The number of aryl methyl sites for hydroxylation is 3. The summed E-state index contributed by atoms with van der Waals surface area (Å²) in [5.41, 5.74) is 2.26. The van der Waals surface area contributed by atoms with Crippen LogP contribution >= 0.6 is 22.9 Å². The average Bonchev–Trinajstić information content (AvgIpc) is 3.05. The third-order valence-electron chi connectivity index (χ3n) is 3.58. The molecule has 0 N–H and O–H groups in total. The summed E-state index contributed by atoms with van der Waals surface area (Å²) in [5.74, 6) is 0.576. The van der Waals surface area contributed by atoms with Gasteiger partial charge in [0, 0.05) is 17.5 Å². The van der Waals surface area contributed by atoms with E-state index < -0.39 is 0 Å². The summed E-state index contributed by atoms with van der Waals surface area (Å²) in [7, 11) is 0. The summed E-state index contributed by atoms with van der Waals surface area (Å²) in [5, 5.41) is 1.87. The predicted octanol–water partition coefficient (Wildman–Crippen LogP) is 5.09. The Balaban J connectivity index is 2.04. The molecule has 0 bridgehead atoms. The molecular formula is C16H16ClFN2S. The van der Waals surface area contributed by atoms with Crippen LogP contribution in [0.3, 0.4) is 0 Å². The van der Waals surface area contributed by atoms with E-state index in [1.54, 1.807) is 18.3 Å². The number of imidazole rings is 1. The van der Waals surface area contributed by atoms with Crippen LogP contribution in [0.15, 0.2) is 29.6 Å². The highest BCUT2D eigenvalue weighted by atomic mass is 35.5. The maximum absolute atomic E-state index is 13.7. The molecule has 0 amide bonds. The van der Waals surface area contributed by atoms with Gasteiger partial charge in [0.2, 0.25) is 0 Å². The molecule has 3 rings (SSSR count). The first-order valence-corrected chi connectivity index (χ1v) is 8.20. The van der Waals surface area contributed by atoms with Crippen LogP contribution in [0.25, 0.3) is 11.0 Å². The highest BCUT2D eigenvalue weighted by Gasteiger charge is 2.16. The van der Waals surface area contributed by atoms with Crippen molar-refractivity contribution in [2.45, 2.75) is 32.2 Å². The van der Waals surface area contributed by atoms with Gasteiger partial charge in [-0.05, 0) is 43.3 Å². The van der Waals surface area contributed by atoms with Gasteiger partial charge in [0.1, 0.15) is 11.6 Å². The van der Waals surface area contributed by atoms with Crippen molar-refractivity contribution in [3.05, 3.63) is 51.7 Å². The van der Waals surface area contributed by atoms with E-state index in [1.165, 1.54) is 10.9 Å². The number of rotatable bonds is 4. The lowest BCUT2D eigenvalue weighted by atomic mass is 10.2. The fourth-order valence-electron chi connectivity index (χ4n) is 2.48. The number of benzene rings is 1. The maximum Gasteiger partial charge on any atom is 0.128 e. The highest BCUT2D eigenvalue weighted by molar-refractivity contribution is 7.09. The Morgan fingerprint density at radius 1 is 1.43 bits per heavy atom.